The van der Waals surface area contributed by atoms with Crippen molar-refractivity contribution in [1.82, 2.24) is 9.80 Å². The van der Waals surface area contributed by atoms with E-state index in [-0.39, 0.29) is 18.4 Å². The number of morpholine rings is 1. The lowest BCUT2D eigenvalue weighted by atomic mass is 10.1. The summed E-state index contributed by atoms with van der Waals surface area (Å²) in [5.41, 5.74) is 1.75. The molecule has 0 atom stereocenters. The van der Waals surface area contributed by atoms with E-state index in [1.54, 1.807) is 21.9 Å². The van der Waals surface area contributed by atoms with Crippen molar-refractivity contribution in [3.63, 3.8) is 0 Å². The number of carbonyl (C=O) groups is 2. The van der Waals surface area contributed by atoms with Crippen LogP contribution in [0, 0.1) is 0 Å². The largest absolute Gasteiger partial charge is 0.483 e. The van der Waals surface area contributed by atoms with Crippen molar-refractivity contribution < 1.29 is 19.1 Å². The molecule has 2 aromatic carbocycles. The molecular weight excluding hydrogens is 432 g/mol. The molecule has 2 heterocycles. The van der Waals surface area contributed by atoms with Crippen molar-refractivity contribution in [1.29, 1.82) is 0 Å². The van der Waals surface area contributed by atoms with E-state index in [1.807, 2.05) is 48.5 Å². The predicted molar refractivity (Wildman–Crippen MR) is 124 cm³/mol. The highest BCUT2D eigenvalue weighted by Gasteiger charge is 2.32. The summed E-state index contributed by atoms with van der Waals surface area (Å²) in [5, 5.41) is 0. The van der Waals surface area contributed by atoms with Gasteiger partial charge >= 0.3 is 0 Å². The maximum absolute atomic E-state index is 12.9. The molecule has 2 aliphatic rings. The van der Waals surface area contributed by atoms with E-state index in [1.165, 1.54) is 11.8 Å². The second-order valence-corrected chi connectivity index (χ2v) is 8.75. The number of rotatable bonds is 6. The molecule has 2 aromatic rings. The van der Waals surface area contributed by atoms with Crippen LogP contribution in [-0.2, 0) is 20.9 Å². The summed E-state index contributed by atoms with van der Waals surface area (Å²) < 4.78 is 11.6. The van der Waals surface area contributed by atoms with Gasteiger partial charge in [0.25, 0.3) is 11.8 Å². The fourth-order valence-electron chi connectivity index (χ4n) is 3.32. The van der Waals surface area contributed by atoms with Gasteiger partial charge in [0.2, 0.25) is 0 Å². The number of thioether (sulfide) groups is 1. The lowest BCUT2D eigenvalue weighted by Crippen LogP contribution is -2.43. The SMILES string of the molecule is O=C(COc1ccccc1/C=C1\SC(=S)N(Cc2ccccc2)C1=O)N1CCOCC1. The predicted octanol–water partition coefficient (Wildman–Crippen LogP) is 3.33. The van der Waals surface area contributed by atoms with Crippen molar-refractivity contribution in [2.45, 2.75) is 6.54 Å². The topological polar surface area (TPSA) is 59.1 Å². The van der Waals surface area contributed by atoms with Crippen molar-refractivity contribution >= 4 is 46.2 Å². The summed E-state index contributed by atoms with van der Waals surface area (Å²) >= 11 is 6.71. The first-order chi connectivity index (χ1) is 15.1. The molecule has 4 rings (SSSR count). The van der Waals surface area contributed by atoms with Crippen molar-refractivity contribution in [2.24, 2.45) is 0 Å². The minimum Gasteiger partial charge on any atom is -0.483 e. The van der Waals surface area contributed by atoms with Gasteiger partial charge in [-0.25, -0.2) is 0 Å². The second kappa shape index (κ2) is 10.1. The Kier molecular flexibility index (Phi) is 7.01. The summed E-state index contributed by atoms with van der Waals surface area (Å²) in [7, 11) is 0. The number of nitrogens with zero attached hydrogens (tertiary/aromatic N) is 2. The maximum Gasteiger partial charge on any atom is 0.266 e. The monoisotopic (exact) mass is 454 g/mol. The molecule has 31 heavy (non-hydrogen) atoms. The number of hydrogen-bond donors (Lipinski definition) is 0. The molecule has 6 nitrogen and oxygen atoms in total. The van der Waals surface area contributed by atoms with Gasteiger partial charge in [-0.05, 0) is 17.7 Å². The molecule has 0 N–H and O–H groups in total. The maximum atomic E-state index is 12.9. The molecule has 8 heteroatoms. The lowest BCUT2D eigenvalue weighted by molar-refractivity contribution is -0.137. The molecule has 0 unspecified atom stereocenters. The van der Waals surface area contributed by atoms with Crippen LogP contribution in [0.1, 0.15) is 11.1 Å². The molecule has 160 valence electrons. The van der Waals surface area contributed by atoms with Gasteiger partial charge in [0.15, 0.2) is 6.61 Å². The summed E-state index contributed by atoms with van der Waals surface area (Å²) in [6.07, 6.45) is 1.78. The Morgan fingerprint density at radius 1 is 1.10 bits per heavy atom. The van der Waals surface area contributed by atoms with Crippen LogP contribution in [0.4, 0.5) is 0 Å². The summed E-state index contributed by atoms with van der Waals surface area (Å²) in [6, 6.07) is 17.1. The van der Waals surface area contributed by atoms with Crippen LogP contribution >= 0.6 is 24.0 Å². The van der Waals surface area contributed by atoms with E-state index in [2.05, 4.69) is 0 Å². The Bertz CT molecular complexity index is 1000. The van der Waals surface area contributed by atoms with Crippen LogP contribution in [0.5, 0.6) is 5.75 Å². The number of carbonyl (C=O) groups excluding carboxylic acids is 2. The van der Waals surface area contributed by atoms with Crippen LogP contribution in [0.15, 0.2) is 59.5 Å². The lowest BCUT2D eigenvalue weighted by Gasteiger charge is -2.26. The van der Waals surface area contributed by atoms with Crippen LogP contribution < -0.4 is 4.74 Å². The minimum atomic E-state index is -0.127. The first kappa shape index (κ1) is 21.5. The van der Waals surface area contributed by atoms with Gasteiger partial charge in [-0.2, -0.15) is 0 Å². The fraction of sp³-hybridized carbons (Fsp3) is 0.261. The highest BCUT2D eigenvalue weighted by Crippen LogP contribution is 2.35. The molecule has 0 aromatic heterocycles. The highest BCUT2D eigenvalue weighted by atomic mass is 32.2. The smallest absolute Gasteiger partial charge is 0.266 e. The van der Waals surface area contributed by atoms with Gasteiger partial charge in [0.05, 0.1) is 24.7 Å². The Hall–Kier alpha value is -2.68. The van der Waals surface area contributed by atoms with E-state index >= 15 is 0 Å². The van der Waals surface area contributed by atoms with Crippen molar-refractivity contribution in [3.05, 3.63) is 70.6 Å². The molecule has 0 aliphatic carbocycles. The highest BCUT2D eigenvalue weighted by molar-refractivity contribution is 8.26. The number of amides is 2. The summed E-state index contributed by atoms with van der Waals surface area (Å²) in [4.78, 5) is 29.2. The molecule has 2 fully saturated rings. The zero-order valence-corrected chi connectivity index (χ0v) is 18.5. The molecule has 2 amide bonds. The van der Waals surface area contributed by atoms with E-state index in [0.717, 1.165) is 11.1 Å². The molecule has 0 spiro atoms. The normalized spacial score (nSPS) is 18.0. The van der Waals surface area contributed by atoms with Gasteiger partial charge in [0.1, 0.15) is 10.1 Å². The van der Waals surface area contributed by atoms with E-state index < -0.39 is 0 Å². The van der Waals surface area contributed by atoms with Crippen LogP contribution in [0.3, 0.4) is 0 Å². The summed E-state index contributed by atoms with van der Waals surface area (Å²) in [6.45, 7) is 2.64. The second-order valence-electron chi connectivity index (χ2n) is 7.07. The summed E-state index contributed by atoms with van der Waals surface area (Å²) in [5.74, 6) is 0.350. The van der Waals surface area contributed by atoms with Crippen LogP contribution in [0.25, 0.3) is 6.08 Å². The third-order valence-electron chi connectivity index (χ3n) is 4.98. The fourth-order valence-corrected chi connectivity index (χ4v) is 4.56. The minimum absolute atomic E-state index is 0.0557. The number of hydrogen-bond acceptors (Lipinski definition) is 6. The number of para-hydroxylation sites is 1. The molecule has 2 saturated heterocycles. The van der Waals surface area contributed by atoms with Crippen molar-refractivity contribution in [3.8, 4) is 5.75 Å². The molecule has 0 bridgehead atoms. The van der Waals surface area contributed by atoms with Crippen molar-refractivity contribution in [2.75, 3.05) is 32.9 Å². The zero-order chi connectivity index (χ0) is 21.6. The van der Waals surface area contributed by atoms with E-state index in [0.29, 0.717) is 47.8 Å². The Morgan fingerprint density at radius 2 is 1.81 bits per heavy atom. The Labute approximate surface area is 190 Å². The third-order valence-corrected chi connectivity index (χ3v) is 6.36. The molecule has 2 aliphatic heterocycles. The first-order valence-electron chi connectivity index (χ1n) is 9.98. The average Bonchev–Trinajstić information content (AvgIpc) is 3.07. The average molecular weight is 455 g/mol. The molecule has 0 saturated carbocycles. The van der Waals surface area contributed by atoms with E-state index in [4.69, 9.17) is 21.7 Å². The number of thiocarbonyl (C=S) groups is 1. The van der Waals surface area contributed by atoms with Gasteiger partial charge in [-0.1, -0.05) is 72.5 Å². The quantitative estimate of drug-likeness (QED) is 0.493. The molecular formula is C23H22N2O4S2. The third kappa shape index (κ3) is 5.33. The zero-order valence-electron chi connectivity index (χ0n) is 16.9. The van der Waals surface area contributed by atoms with Gasteiger partial charge in [-0.15, -0.1) is 0 Å². The van der Waals surface area contributed by atoms with Crippen LogP contribution in [0.2, 0.25) is 0 Å². The standard InChI is InChI=1S/C23H22N2O4S2/c26-21(24-10-12-28-13-11-24)16-29-19-9-5-4-8-18(19)14-20-22(27)25(23(30)31-20)15-17-6-2-1-3-7-17/h1-9,14H,10-13,15-16H2/b20-14-. The Balaban J connectivity index is 1.45. The van der Waals surface area contributed by atoms with Crippen LogP contribution in [-0.4, -0.2) is 58.8 Å². The van der Waals surface area contributed by atoms with Gasteiger partial charge in [0, 0.05) is 18.7 Å². The number of benzene rings is 2. The van der Waals surface area contributed by atoms with E-state index in [9.17, 15) is 9.59 Å². The Morgan fingerprint density at radius 3 is 2.58 bits per heavy atom. The number of ether oxygens (including phenoxy) is 2. The van der Waals surface area contributed by atoms with Gasteiger partial charge < -0.3 is 14.4 Å². The van der Waals surface area contributed by atoms with Gasteiger partial charge in [-0.3, -0.25) is 14.5 Å². The first-order valence-corrected chi connectivity index (χ1v) is 11.2. The molecule has 0 radical (unpaired) electrons.